The van der Waals surface area contributed by atoms with Crippen LogP contribution in [0.1, 0.15) is 39.5 Å². The van der Waals surface area contributed by atoms with Crippen molar-refractivity contribution in [3.63, 3.8) is 0 Å². The van der Waals surface area contributed by atoms with Gasteiger partial charge in [-0.1, -0.05) is 6.08 Å². The van der Waals surface area contributed by atoms with Crippen LogP contribution in [0, 0.1) is 5.92 Å². The average Bonchev–Trinajstić information content (AvgIpc) is 2.18. The van der Waals surface area contributed by atoms with E-state index in [0.29, 0.717) is 5.92 Å². The summed E-state index contributed by atoms with van der Waals surface area (Å²) in [5.41, 5.74) is 0. The largest absolute Gasteiger partial charge is 0.280 e. The maximum atomic E-state index is 11.3. The van der Waals surface area contributed by atoms with Crippen LogP contribution in [0.2, 0.25) is 0 Å². The molecule has 1 rings (SSSR count). The number of allylic oxidation sites excluding steroid dienone is 1. The monoisotopic (exact) mass is 209 g/mol. The Morgan fingerprint density at radius 2 is 1.60 bits per heavy atom. The summed E-state index contributed by atoms with van der Waals surface area (Å²) in [6.45, 7) is 6.70. The maximum absolute atomic E-state index is 11.3. The summed E-state index contributed by atoms with van der Waals surface area (Å²) in [7, 11) is 0. The van der Waals surface area contributed by atoms with Crippen LogP contribution >= 0.6 is 0 Å². The summed E-state index contributed by atoms with van der Waals surface area (Å²) in [6.07, 6.45) is 5.87. The number of carbonyl (C=O) groups excluding carboxylic acids is 2. The van der Waals surface area contributed by atoms with E-state index in [2.05, 4.69) is 6.58 Å². The van der Waals surface area contributed by atoms with Gasteiger partial charge in [0.1, 0.15) is 0 Å². The third kappa shape index (κ3) is 2.91. The van der Waals surface area contributed by atoms with Crippen LogP contribution in [0.25, 0.3) is 0 Å². The molecule has 0 aromatic carbocycles. The molecule has 0 radical (unpaired) electrons. The van der Waals surface area contributed by atoms with Crippen LogP contribution in [-0.2, 0) is 9.59 Å². The van der Waals surface area contributed by atoms with E-state index in [1.54, 1.807) is 0 Å². The van der Waals surface area contributed by atoms with Gasteiger partial charge in [0.15, 0.2) is 0 Å². The molecule has 1 fully saturated rings. The molecular weight excluding hydrogens is 190 g/mol. The predicted molar refractivity (Wildman–Crippen MR) is 59.1 cm³/mol. The topological polar surface area (TPSA) is 37.4 Å². The van der Waals surface area contributed by atoms with Crippen molar-refractivity contribution < 1.29 is 9.59 Å². The van der Waals surface area contributed by atoms with Crippen molar-refractivity contribution in [2.24, 2.45) is 5.92 Å². The van der Waals surface area contributed by atoms with E-state index in [0.717, 1.165) is 25.7 Å². The molecule has 0 heterocycles. The zero-order valence-corrected chi connectivity index (χ0v) is 9.53. The van der Waals surface area contributed by atoms with Gasteiger partial charge in [0.25, 0.3) is 0 Å². The van der Waals surface area contributed by atoms with Gasteiger partial charge in [0.05, 0.1) is 0 Å². The Morgan fingerprint density at radius 3 is 1.93 bits per heavy atom. The summed E-state index contributed by atoms with van der Waals surface area (Å²) in [5.74, 6) is 0.288. The molecule has 0 aliphatic heterocycles. The maximum Gasteiger partial charge on any atom is 0.226 e. The van der Waals surface area contributed by atoms with Gasteiger partial charge in [-0.25, -0.2) is 0 Å². The second-order valence-corrected chi connectivity index (χ2v) is 4.21. The van der Waals surface area contributed by atoms with Crippen molar-refractivity contribution in [2.75, 3.05) is 0 Å². The van der Waals surface area contributed by atoms with Crippen LogP contribution in [-0.4, -0.2) is 22.8 Å². The van der Waals surface area contributed by atoms with Gasteiger partial charge in [-0.2, -0.15) is 0 Å². The first-order chi connectivity index (χ1) is 7.06. The van der Waals surface area contributed by atoms with E-state index in [4.69, 9.17) is 0 Å². The highest BCUT2D eigenvalue weighted by Gasteiger charge is 2.28. The van der Waals surface area contributed by atoms with Crippen LogP contribution in [0.4, 0.5) is 0 Å². The summed E-state index contributed by atoms with van der Waals surface area (Å²) in [4.78, 5) is 24.0. The molecule has 0 aromatic heterocycles. The molecule has 2 amide bonds. The molecule has 0 aromatic rings. The second kappa shape index (κ2) is 5.10. The number of rotatable bonds is 2. The summed E-state index contributed by atoms with van der Waals surface area (Å²) < 4.78 is 0. The first-order valence-electron chi connectivity index (χ1n) is 5.49. The van der Waals surface area contributed by atoms with Crippen LogP contribution in [0.15, 0.2) is 12.7 Å². The molecule has 1 aliphatic carbocycles. The summed E-state index contributed by atoms with van der Waals surface area (Å²) in [6, 6.07) is 0.108. The van der Waals surface area contributed by atoms with Gasteiger partial charge in [-0.05, 0) is 31.6 Å². The lowest BCUT2D eigenvalue weighted by atomic mass is 9.85. The van der Waals surface area contributed by atoms with Crippen molar-refractivity contribution in [1.29, 1.82) is 0 Å². The molecule has 0 unspecified atom stereocenters. The van der Waals surface area contributed by atoms with Gasteiger partial charge in [-0.3, -0.25) is 14.5 Å². The predicted octanol–water partition coefficient (Wildman–Crippen LogP) is 2.13. The number of amides is 2. The van der Waals surface area contributed by atoms with Crippen molar-refractivity contribution in [3.05, 3.63) is 12.7 Å². The molecule has 0 atom stereocenters. The lowest BCUT2D eigenvalue weighted by Crippen LogP contribution is -2.44. The van der Waals surface area contributed by atoms with Gasteiger partial charge in [0.2, 0.25) is 11.8 Å². The van der Waals surface area contributed by atoms with Crippen LogP contribution in [0.3, 0.4) is 0 Å². The van der Waals surface area contributed by atoms with Crippen molar-refractivity contribution >= 4 is 11.8 Å². The fourth-order valence-electron chi connectivity index (χ4n) is 2.33. The molecule has 0 saturated heterocycles. The lowest BCUT2D eigenvalue weighted by molar-refractivity contribution is -0.145. The fourth-order valence-corrected chi connectivity index (χ4v) is 2.33. The minimum atomic E-state index is -0.135. The number of hydrogen-bond donors (Lipinski definition) is 0. The van der Waals surface area contributed by atoms with E-state index >= 15 is 0 Å². The Hall–Kier alpha value is -1.12. The Labute approximate surface area is 91.1 Å². The number of carbonyl (C=O) groups is 2. The van der Waals surface area contributed by atoms with E-state index in [1.165, 1.54) is 18.7 Å². The van der Waals surface area contributed by atoms with Gasteiger partial charge < -0.3 is 0 Å². The molecule has 1 saturated carbocycles. The molecule has 3 heteroatoms. The number of hydrogen-bond acceptors (Lipinski definition) is 2. The Bertz CT molecular complexity index is 251. The smallest absolute Gasteiger partial charge is 0.226 e. The molecule has 0 bridgehead atoms. The minimum Gasteiger partial charge on any atom is -0.280 e. The quantitative estimate of drug-likeness (QED) is 0.653. The van der Waals surface area contributed by atoms with E-state index in [9.17, 15) is 9.59 Å². The molecular formula is C12H19NO2. The molecule has 1 aliphatic rings. The summed E-state index contributed by atoms with van der Waals surface area (Å²) >= 11 is 0. The van der Waals surface area contributed by atoms with Gasteiger partial charge in [-0.15, -0.1) is 6.58 Å². The standard InChI is InChI=1S/C12H19NO2/c1-4-11-5-7-12(8-6-11)13(9(2)14)10(3)15/h4,11-12H,1,5-8H2,2-3H3. The van der Waals surface area contributed by atoms with E-state index in [1.807, 2.05) is 6.08 Å². The Morgan fingerprint density at radius 1 is 1.13 bits per heavy atom. The van der Waals surface area contributed by atoms with Crippen LogP contribution in [0.5, 0.6) is 0 Å². The summed E-state index contributed by atoms with van der Waals surface area (Å²) in [5, 5.41) is 0. The van der Waals surface area contributed by atoms with Crippen LogP contribution < -0.4 is 0 Å². The molecule has 3 nitrogen and oxygen atoms in total. The normalized spacial score (nSPS) is 25.7. The first kappa shape index (κ1) is 12.0. The Balaban J connectivity index is 2.60. The highest BCUT2D eigenvalue weighted by Crippen LogP contribution is 2.28. The van der Waals surface area contributed by atoms with Crippen molar-refractivity contribution in [3.8, 4) is 0 Å². The minimum absolute atomic E-state index is 0.108. The van der Waals surface area contributed by atoms with Crippen molar-refractivity contribution in [2.45, 2.75) is 45.6 Å². The van der Waals surface area contributed by atoms with E-state index in [-0.39, 0.29) is 17.9 Å². The Kier molecular flexibility index (Phi) is 4.06. The molecule has 0 N–H and O–H groups in total. The van der Waals surface area contributed by atoms with Crippen molar-refractivity contribution in [1.82, 2.24) is 4.90 Å². The second-order valence-electron chi connectivity index (χ2n) is 4.21. The molecule has 15 heavy (non-hydrogen) atoms. The SMILES string of the molecule is C=CC1CCC(N(C(C)=O)C(C)=O)CC1. The van der Waals surface area contributed by atoms with Gasteiger partial charge >= 0.3 is 0 Å². The third-order valence-electron chi connectivity index (χ3n) is 3.12. The molecule has 84 valence electrons. The fraction of sp³-hybridized carbons (Fsp3) is 0.667. The zero-order valence-electron chi connectivity index (χ0n) is 9.53. The lowest BCUT2D eigenvalue weighted by Gasteiger charge is -2.33. The highest BCUT2D eigenvalue weighted by atomic mass is 16.2. The zero-order chi connectivity index (χ0) is 11.4. The number of nitrogens with zero attached hydrogens (tertiary/aromatic N) is 1. The average molecular weight is 209 g/mol. The first-order valence-corrected chi connectivity index (χ1v) is 5.49. The highest BCUT2D eigenvalue weighted by molar-refractivity contribution is 5.93. The third-order valence-corrected chi connectivity index (χ3v) is 3.12. The number of imide groups is 1. The van der Waals surface area contributed by atoms with E-state index < -0.39 is 0 Å². The van der Waals surface area contributed by atoms with Gasteiger partial charge in [0, 0.05) is 19.9 Å². The molecule has 0 spiro atoms.